The molecule has 0 aliphatic carbocycles. The quantitative estimate of drug-likeness (QED) is 0.745. The zero-order valence-electron chi connectivity index (χ0n) is 13.5. The first kappa shape index (κ1) is 16.4. The normalized spacial score (nSPS) is 11.0. The van der Waals surface area contributed by atoms with Crippen LogP contribution >= 0.6 is 11.3 Å². The molecule has 7 heteroatoms. The third-order valence-electron chi connectivity index (χ3n) is 3.35. The number of benzene rings is 1. The second-order valence-electron chi connectivity index (χ2n) is 5.56. The standard InChI is InChI=1S/C17H18N4O2S/c1-12-5-7-13(8-6-12)18-15(22)10-21(2)11-16-19-20-17(23-16)14-4-3-9-24-14/h3-9H,10-11H2,1-2H3,(H,18,22). The molecule has 2 aromatic heterocycles. The summed E-state index contributed by atoms with van der Waals surface area (Å²) < 4.78 is 5.63. The number of hydrogen-bond acceptors (Lipinski definition) is 6. The number of carbonyl (C=O) groups is 1. The van der Waals surface area contributed by atoms with Crippen LogP contribution in [0.15, 0.2) is 46.2 Å². The average molecular weight is 342 g/mol. The van der Waals surface area contributed by atoms with Crippen molar-refractivity contribution in [2.45, 2.75) is 13.5 Å². The number of hydrogen-bond donors (Lipinski definition) is 1. The minimum atomic E-state index is -0.0839. The SMILES string of the molecule is Cc1ccc(NC(=O)CN(C)Cc2nnc(-c3cccs3)o2)cc1. The molecule has 0 fully saturated rings. The van der Waals surface area contributed by atoms with Crippen LogP contribution in [0, 0.1) is 6.92 Å². The summed E-state index contributed by atoms with van der Waals surface area (Å²) in [6, 6.07) is 11.6. The van der Waals surface area contributed by atoms with E-state index < -0.39 is 0 Å². The van der Waals surface area contributed by atoms with Gasteiger partial charge < -0.3 is 9.73 Å². The monoisotopic (exact) mass is 342 g/mol. The summed E-state index contributed by atoms with van der Waals surface area (Å²) in [5.74, 6) is 0.917. The van der Waals surface area contributed by atoms with E-state index in [0.29, 0.717) is 18.3 Å². The van der Waals surface area contributed by atoms with Crippen molar-refractivity contribution in [2.24, 2.45) is 0 Å². The first-order chi connectivity index (χ1) is 11.6. The maximum atomic E-state index is 12.1. The topological polar surface area (TPSA) is 71.3 Å². The van der Waals surface area contributed by atoms with Crippen LogP contribution in [0.4, 0.5) is 5.69 Å². The number of nitrogens with zero attached hydrogens (tertiary/aromatic N) is 3. The lowest BCUT2D eigenvalue weighted by Crippen LogP contribution is -2.29. The largest absolute Gasteiger partial charge is 0.419 e. The number of aryl methyl sites for hydroxylation is 1. The summed E-state index contributed by atoms with van der Waals surface area (Å²) in [6.07, 6.45) is 0. The van der Waals surface area contributed by atoms with Gasteiger partial charge in [-0.1, -0.05) is 23.8 Å². The number of thiophene rings is 1. The Morgan fingerprint density at radius 3 is 2.75 bits per heavy atom. The number of rotatable bonds is 6. The maximum absolute atomic E-state index is 12.1. The fourth-order valence-corrected chi connectivity index (χ4v) is 2.83. The Labute approximate surface area is 144 Å². The van der Waals surface area contributed by atoms with Gasteiger partial charge in [-0.2, -0.15) is 0 Å². The van der Waals surface area contributed by atoms with Crippen LogP contribution in [0.2, 0.25) is 0 Å². The minimum Gasteiger partial charge on any atom is -0.419 e. The average Bonchev–Trinajstić information content (AvgIpc) is 3.20. The molecule has 3 aromatic rings. The number of likely N-dealkylation sites (N-methyl/N-ethyl adjacent to an activating group) is 1. The highest BCUT2D eigenvalue weighted by Crippen LogP contribution is 2.23. The zero-order chi connectivity index (χ0) is 16.9. The molecule has 2 heterocycles. The molecule has 0 bridgehead atoms. The molecule has 0 aliphatic rings. The predicted molar refractivity (Wildman–Crippen MR) is 93.8 cm³/mol. The summed E-state index contributed by atoms with van der Waals surface area (Å²) in [5.41, 5.74) is 1.94. The molecule has 0 aliphatic heterocycles. The van der Waals surface area contributed by atoms with E-state index in [1.807, 2.05) is 60.6 Å². The number of aromatic nitrogens is 2. The van der Waals surface area contributed by atoms with Crippen molar-refractivity contribution in [3.05, 3.63) is 53.2 Å². The molecule has 124 valence electrons. The van der Waals surface area contributed by atoms with Gasteiger partial charge in [0, 0.05) is 5.69 Å². The van der Waals surface area contributed by atoms with Crippen LogP contribution in [0.1, 0.15) is 11.5 Å². The summed E-state index contributed by atoms with van der Waals surface area (Å²) in [4.78, 5) is 14.8. The van der Waals surface area contributed by atoms with Gasteiger partial charge in [-0.3, -0.25) is 9.69 Å². The van der Waals surface area contributed by atoms with Crippen LogP contribution in [-0.4, -0.2) is 34.6 Å². The molecule has 1 amide bonds. The Kier molecular flexibility index (Phi) is 5.02. The highest BCUT2D eigenvalue weighted by molar-refractivity contribution is 7.13. The second kappa shape index (κ2) is 7.37. The maximum Gasteiger partial charge on any atom is 0.257 e. The summed E-state index contributed by atoms with van der Waals surface area (Å²) >= 11 is 1.55. The van der Waals surface area contributed by atoms with Crippen LogP contribution in [0.3, 0.4) is 0 Å². The highest BCUT2D eigenvalue weighted by atomic mass is 32.1. The zero-order valence-corrected chi connectivity index (χ0v) is 14.3. The highest BCUT2D eigenvalue weighted by Gasteiger charge is 2.13. The van der Waals surface area contributed by atoms with E-state index in [9.17, 15) is 4.79 Å². The minimum absolute atomic E-state index is 0.0839. The van der Waals surface area contributed by atoms with Gasteiger partial charge in [0.1, 0.15) is 0 Å². The molecule has 24 heavy (non-hydrogen) atoms. The van der Waals surface area contributed by atoms with Gasteiger partial charge >= 0.3 is 0 Å². The molecule has 0 radical (unpaired) electrons. The Morgan fingerprint density at radius 1 is 1.25 bits per heavy atom. The molecule has 0 spiro atoms. The van der Waals surface area contributed by atoms with Crippen molar-refractivity contribution in [2.75, 3.05) is 18.9 Å². The summed E-state index contributed by atoms with van der Waals surface area (Å²) in [7, 11) is 1.84. The Hall–Kier alpha value is -2.51. The van der Waals surface area contributed by atoms with Gasteiger partial charge in [-0.15, -0.1) is 21.5 Å². The van der Waals surface area contributed by atoms with Gasteiger partial charge in [0.25, 0.3) is 5.89 Å². The van der Waals surface area contributed by atoms with E-state index in [-0.39, 0.29) is 12.5 Å². The lowest BCUT2D eigenvalue weighted by molar-refractivity contribution is -0.117. The molecular formula is C17H18N4O2S. The van der Waals surface area contributed by atoms with Crippen LogP contribution in [0.5, 0.6) is 0 Å². The smallest absolute Gasteiger partial charge is 0.257 e. The van der Waals surface area contributed by atoms with Crippen molar-refractivity contribution in [3.63, 3.8) is 0 Å². The van der Waals surface area contributed by atoms with E-state index in [2.05, 4.69) is 15.5 Å². The molecule has 0 saturated heterocycles. The van der Waals surface area contributed by atoms with E-state index in [0.717, 1.165) is 16.1 Å². The fourth-order valence-electron chi connectivity index (χ4n) is 2.19. The van der Waals surface area contributed by atoms with Gasteiger partial charge in [0.2, 0.25) is 11.8 Å². The molecule has 0 unspecified atom stereocenters. The first-order valence-corrected chi connectivity index (χ1v) is 8.39. The number of anilines is 1. The van der Waals surface area contributed by atoms with Gasteiger partial charge in [0.15, 0.2) is 0 Å². The second-order valence-corrected chi connectivity index (χ2v) is 6.51. The molecule has 3 rings (SSSR count). The number of nitrogens with one attached hydrogen (secondary N) is 1. The first-order valence-electron chi connectivity index (χ1n) is 7.51. The molecular weight excluding hydrogens is 324 g/mol. The van der Waals surface area contributed by atoms with Crippen molar-refractivity contribution in [1.82, 2.24) is 15.1 Å². The van der Waals surface area contributed by atoms with E-state index in [4.69, 9.17) is 4.42 Å². The number of amides is 1. The van der Waals surface area contributed by atoms with Crippen LogP contribution in [0.25, 0.3) is 10.8 Å². The van der Waals surface area contributed by atoms with E-state index >= 15 is 0 Å². The van der Waals surface area contributed by atoms with Crippen molar-refractivity contribution in [3.8, 4) is 10.8 Å². The van der Waals surface area contributed by atoms with Gasteiger partial charge in [-0.05, 0) is 37.6 Å². The third-order valence-corrected chi connectivity index (χ3v) is 4.21. The van der Waals surface area contributed by atoms with Crippen molar-refractivity contribution >= 4 is 22.9 Å². The summed E-state index contributed by atoms with van der Waals surface area (Å²) in [6.45, 7) is 2.67. The fraction of sp³-hybridized carbons (Fsp3) is 0.235. The molecule has 0 atom stereocenters. The number of carbonyl (C=O) groups excluding carboxylic acids is 1. The Bertz CT molecular complexity index is 796. The lowest BCUT2D eigenvalue weighted by Gasteiger charge is -2.14. The molecule has 0 saturated carbocycles. The molecule has 1 aromatic carbocycles. The lowest BCUT2D eigenvalue weighted by atomic mass is 10.2. The van der Waals surface area contributed by atoms with Crippen LogP contribution in [-0.2, 0) is 11.3 Å². The van der Waals surface area contributed by atoms with Gasteiger partial charge in [0.05, 0.1) is 18.0 Å². The Balaban J connectivity index is 1.52. The third kappa shape index (κ3) is 4.27. The molecule has 6 nitrogen and oxygen atoms in total. The van der Waals surface area contributed by atoms with E-state index in [1.165, 1.54) is 0 Å². The molecule has 1 N–H and O–H groups in total. The van der Waals surface area contributed by atoms with E-state index in [1.54, 1.807) is 11.3 Å². The predicted octanol–water partition coefficient (Wildman–Crippen LogP) is 3.18. The summed E-state index contributed by atoms with van der Waals surface area (Å²) in [5, 5.41) is 12.9. The van der Waals surface area contributed by atoms with Crippen LogP contribution < -0.4 is 5.32 Å². The van der Waals surface area contributed by atoms with Crippen molar-refractivity contribution in [1.29, 1.82) is 0 Å². The van der Waals surface area contributed by atoms with Gasteiger partial charge in [-0.25, -0.2) is 0 Å². The Morgan fingerprint density at radius 2 is 2.04 bits per heavy atom. The van der Waals surface area contributed by atoms with Crippen molar-refractivity contribution < 1.29 is 9.21 Å².